The van der Waals surface area contributed by atoms with E-state index in [1.165, 1.54) is 32.1 Å². The van der Waals surface area contributed by atoms with Gasteiger partial charge >= 0.3 is 6.09 Å². The molecule has 2 fully saturated rings. The van der Waals surface area contributed by atoms with Crippen LogP contribution in [0.5, 0.6) is 0 Å². The average molecular weight is 354 g/mol. The standard InChI is InChI=1S/C20H39N3O2/c1-20(2,3)25-19(24)23-15-7-6-12-18(23)16-10-8-11-17(16)21-13-9-14-22(4)5/h16-18,21H,6-15H2,1-5H3. The van der Waals surface area contributed by atoms with Gasteiger partial charge in [-0.2, -0.15) is 0 Å². The minimum Gasteiger partial charge on any atom is -0.444 e. The maximum atomic E-state index is 12.7. The molecule has 0 radical (unpaired) electrons. The van der Waals surface area contributed by atoms with E-state index >= 15 is 0 Å². The van der Waals surface area contributed by atoms with Gasteiger partial charge in [0.25, 0.3) is 0 Å². The summed E-state index contributed by atoms with van der Waals surface area (Å²) in [4.78, 5) is 17.0. The van der Waals surface area contributed by atoms with Gasteiger partial charge in [0.05, 0.1) is 0 Å². The van der Waals surface area contributed by atoms with E-state index in [0.717, 1.165) is 32.5 Å². The van der Waals surface area contributed by atoms with Crippen LogP contribution in [0.15, 0.2) is 0 Å². The lowest BCUT2D eigenvalue weighted by Gasteiger charge is -2.41. The maximum absolute atomic E-state index is 12.7. The number of likely N-dealkylation sites (tertiary alicyclic amines) is 1. The van der Waals surface area contributed by atoms with Crippen LogP contribution in [0.3, 0.4) is 0 Å². The average Bonchev–Trinajstić information content (AvgIpc) is 2.98. The molecule has 1 heterocycles. The second-order valence-electron chi connectivity index (χ2n) is 9.05. The summed E-state index contributed by atoms with van der Waals surface area (Å²) in [5.74, 6) is 0.576. The van der Waals surface area contributed by atoms with Crippen LogP contribution < -0.4 is 5.32 Å². The Bertz CT molecular complexity index is 420. The number of carbonyl (C=O) groups excluding carboxylic acids is 1. The molecule has 1 amide bonds. The quantitative estimate of drug-likeness (QED) is 0.743. The van der Waals surface area contributed by atoms with E-state index in [-0.39, 0.29) is 6.09 Å². The zero-order chi connectivity index (χ0) is 18.4. The van der Waals surface area contributed by atoms with Gasteiger partial charge in [-0.1, -0.05) is 6.42 Å². The normalized spacial score (nSPS) is 27.8. The molecule has 1 saturated heterocycles. The fraction of sp³-hybridized carbons (Fsp3) is 0.950. The number of carbonyl (C=O) groups is 1. The number of piperidine rings is 1. The number of amides is 1. The number of nitrogens with one attached hydrogen (secondary N) is 1. The Hall–Kier alpha value is -0.810. The number of rotatable bonds is 6. The van der Waals surface area contributed by atoms with E-state index in [1.54, 1.807) is 0 Å². The van der Waals surface area contributed by atoms with Crippen molar-refractivity contribution in [3.8, 4) is 0 Å². The number of hydrogen-bond donors (Lipinski definition) is 1. The predicted octanol–water partition coefficient (Wildman–Crippen LogP) is 3.49. The van der Waals surface area contributed by atoms with Crippen LogP contribution in [0.25, 0.3) is 0 Å². The molecule has 25 heavy (non-hydrogen) atoms. The summed E-state index contributed by atoms with van der Waals surface area (Å²) < 4.78 is 5.69. The van der Waals surface area contributed by atoms with Crippen LogP contribution in [0.4, 0.5) is 4.79 Å². The molecule has 0 spiro atoms. The zero-order valence-corrected chi connectivity index (χ0v) is 17.0. The summed E-state index contributed by atoms with van der Waals surface area (Å²) >= 11 is 0. The summed E-state index contributed by atoms with van der Waals surface area (Å²) in [5, 5.41) is 3.79. The van der Waals surface area contributed by atoms with Gasteiger partial charge in [0.15, 0.2) is 0 Å². The molecule has 0 aromatic heterocycles. The molecule has 0 aromatic rings. The summed E-state index contributed by atoms with van der Waals surface area (Å²) in [7, 11) is 4.25. The molecule has 2 aliphatic rings. The largest absolute Gasteiger partial charge is 0.444 e. The molecule has 1 N–H and O–H groups in total. The summed E-state index contributed by atoms with van der Waals surface area (Å²) in [6, 6.07) is 0.896. The molecular formula is C20H39N3O2. The first-order valence-electron chi connectivity index (χ1n) is 10.2. The third kappa shape index (κ3) is 6.45. The molecule has 1 aliphatic heterocycles. The fourth-order valence-corrected chi connectivity index (χ4v) is 4.34. The SMILES string of the molecule is CN(C)CCCNC1CCCC1C1CCCCN1C(=O)OC(C)(C)C. The summed E-state index contributed by atoms with van der Waals surface area (Å²) in [5.41, 5.74) is -0.418. The van der Waals surface area contributed by atoms with Gasteiger partial charge in [0.1, 0.15) is 5.60 Å². The highest BCUT2D eigenvalue weighted by molar-refractivity contribution is 5.68. The van der Waals surface area contributed by atoms with Crippen LogP contribution >= 0.6 is 0 Å². The topological polar surface area (TPSA) is 44.8 Å². The summed E-state index contributed by atoms with van der Waals surface area (Å²) in [6.45, 7) is 8.90. The monoisotopic (exact) mass is 353 g/mol. The molecular weight excluding hydrogens is 314 g/mol. The molecule has 5 heteroatoms. The molecule has 0 bridgehead atoms. The minimum absolute atomic E-state index is 0.115. The van der Waals surface area contributed by atoms with Crippen LogP contribution in [0.1, 0.15) is 65.7 Å². The highest BCUT2D eigenvalue weighted by Crippen LogP contribution is 2.36. The second-order valence-corrected chi connectivity index (χ2v) is 9.05. The van der Waals surface area contributed by atoms with Crippen molar-refractivity contribution in [1.82, 2.24) is 15.1 Å². The van der Waals surface area contributed by atoms with Crippen molar-refractivity contribution in [3.05, 3.63) is 0 Å². The maximum Gasteiger partial charge on any atom is 0.410 e. The smallest absolute Gasteiger partial charge is 0.410 e. The molecule has 3 unspecified atom stereocenters. The van der Waals surface area contributed by atoms with Crippen molar-refractivity contribution in [2.75, 3.05) is 33.7 Å². The highest BCUT2D eigenvalue weighted by atomic mass is 16.6. The van der Waals surface area contributed by atoms with Gasteiger partial charge in [-0.3, -0.25) is 0 Å². The van der Waals surface area contributed by atoms with Gasteiger partial charge in [0.2, 0.25) is 0 Å². The molecule has 1 aliphatic carbocycles. The van der Waals surface area contributed by atoms with Gasteiger partial charge in [-0.15, -0.1) is 0 Å². The zero-order valence-electron chi connectivity index (χ0n) is 17.0. The molecule has 1 saturated carbocycles. The lowest BCUT2D eigenvalue weighted by Crippen LogP contribution is -2.52. The Morgan fingerprint density at radius 2 is 1.92 bits per heavy atom. The number of ether oxygens (including phenoxy) is 1. The molecule has 2 rings (SSSR count). The van der Waals surface area contributed by atoms with E-state index in [1.807, 2.05) is 25.7 Å². The van der Waals surface area contributed by atoms with E-state index in [0.29, 0.717) is 18.0 Å². The van der Waals surface area contributed by atoms with E-state index in [2.05, 4.69) is 24.3 Å². The number of hydrogen-bond acceptors (Lipinski definition) is 4. The van der Waals surface area contributed by atoms with Gasteiger partial charge < -0.3 is 19.9 Å². The summed E-state index contributed by atoms with van der Waals surface area (Å²) in [6.07, 6.45) is 8.26. The Labute approximate surface area is 154 Å². The van der Waals surface area contributed by atoms with E-state index < -0.39 is 5.60 Å². The Morgan fingerprint density at radius 1 is 1.16 bits per heavy atom. The Balaban J connectivity index is 1.94. The van der Waals surface area contributed by atoms with Crippen LogP contribution in [-0.4, -0.2) is 67.3 Å². The lowest BCUT2D eigenvalue weighted by molar-refractivity contribution is -0.0000905. The van der Waals surface area contributed by atoms with Crippen LogP contribution in [-0.2, 0) is 4.74 Å². The molecule has 0 aromatic carbocycles. The third-order valence-electron chi connectivity index (χ3n) is 5.43. The minimum atomic E-state index is -0.418. The van der Waals surface area contributed by atoms with Crippen molar-refractivity contribution in [3.63, 3.8) is 0 Å². The van der Waals surface area contributed by atoms with E-state index in [4.69, 9.17) is 4.74 Å². The Morgan fingerprint density at radius 3 is 2.60 bits per heavy atom. The predicted molar refractivity (Wildman–Crippen MR) is 103 cm³/mol. The van der Waals surface area contributed by atoms with Crippen molar-refractivity contribution < 1.29 is 9.53 Å². The van der Waals surface area contributed by atoms with Gasteiger partial charge in [-0.05, 0) is 92.4 Å². The Kier molecular flexibility index (Phi) is 7.56. The first-order valence-corrected chi connectivity index (χ1v) is 10.2. The molecule has 3 atom stereocenters. The van der Waals surface area contributed by atoms with Crippen molar-refractivity contribution in [1.29, 1.82) is 0 Å². The second kappa shape index (κ2) is 9.22. The first-order chi connectivity index (χ1) is 11.8. The highest BCUT2D eigenvalue weighted by Gasteiger charge is 2.40. The molecule has 5 nitrogen and oxygen atoms in total. The van der Waals surface area contributed by atoms with Crippen molar-refractivity contribution in [2.24, 2.45) is 5.92 Å². The van der Waals surface area contributed by atoms with Crippen LogP contribution in [0.2, 0.25) is 0 Å². The van der Waals surface area contributed by atoms with Crippen LogP contribution in [0, 0.1) is 5.92 Å². The van der Waals surface area contributed by atoms with Gasteiger partial charge in [-0.25, -0.2) is 4.79 Å². The van der Waals surface area contributed by atoms with Crippen molar-refractivity contribution >= 4 is 6.09 Å². The molecule has 146 valence electrons. The fourth-order valence-electron chi connectivity index (χ4n) is 4.34. The third-order valence-corrected chi connectivity index (χ3v) is 5.43. The van der Waals surface area contributed by atoms with Crippen molar-refractivity contribution in [2.45, 2.75) is 83.4 Å². The van der Waals surface area contributed by atoms with E-state index in [9.17, 15) is 4.79 Å². The first kappa shape index (κ1) is 20.5. The number of nitrogens with zero attached hydrogens (tertiary/aromatic N) is 2. The lowest BCUT2D eigenvalue weighted by atomic mass is 9.87. The van der Waals surface area contributed by atoms with Gasteiger partial charge in [0, 0.05) is 18.6 Å².